The van der Waals surface area contributed by atoms with Gasteiger partial charge in [-0.1, -0.05) is 22.0 Å². The van der Waals surface area contributed by atoms with Crippen LogP contribution in [0.1, 0.15) is 5.56 Å². The maximum absolute atomic E-state index is 12.3. The lowest BCUT2D eigenvalue weighted by Crippen LogP contribution is -2.18. The highest BCUT2D eigenvalue weighted by molar-refractivity contribution is 9.10. The summed E-state index contributed by atoms with van der Waals surface area (Å²) in [6.07, 6.45) is 1.36. The van der Waals surface area contributed by atoms with Crippen LogP contribution in [0, 0.1) is 6.92 Å². The number of imidazole rings is 1. The lowest BCUT2D eigenvalue weighted by atomic mass is 10.2. The number of nitrogens with one attached hydrogen (secondary N) is 1. The average molecular weight is 345 g/mol. The fourth-order valence-electron chi connectivity index (χ4n) is 1.68. The normalized spacial score (nSPS) is 11.5. The number of benzene rings is 1. The van der Waals surface area contributed by atoms with Gasteiger partial charge in [0.2, 0.25) is 0 Å². The van der Waals surface area contributed by atoms with Gasteiger partial charge in [0.25, 0.3) is 10.0 Å². The molecule has 0 amide bonds. The van der Waals surface area contributed by atoms with E-state index in [-0.39, 0.29) is 10.8 Å². The van der Waals surface area contributed by atoms with Crippen molar-refractivity contribution in [2.24, 2.45) is 7.05 Å². The highest BCUT2D eigenvalue weighted by Crippen LogP contribution is 2.26. The van der Waals surface area contributed by atoms with Gasteiger partial charge in [0, 0.05) is 11.5 Å². The molecule has 3 N–H and O–H groups in total. The number of sulfonamides is 1. The molecule has 8 heteroatoms. The Morgan fingerprint density at radius 2 is 2.11 bits per heavy atom. The number of nitrogens with two attached hydrogens (primary N) is 1. The van der Waals surface area contributed by atoms with E-state index in [2.05, 4.69) is 25.6 Å². The van der Waals surface area contributed by atoms with Crippen LogP contribution in [0.25, 0.3) is 0 Å². The fourth-order valence-corrected chi connectivity index (χ4v) is 3.40. The SMILES string of the molecule is Cc1c(Br)cccc1NS(=O)(=O)c1c(N)ncn1C. The van der Waals surface area contributed by atoms with Crippen LogP contribution in [-0.4, -0.2) is 18.0 Å². The van der Waals surface area contributed by atoms with Crippen molar-refractivity contribution in [3.05, 3.63) is 34.6 Å². The number of rotatable bonds is 3. The highest BCUT2D eigenvalue weighted by Gasteiger charge is 2.23. The first-order chi connectivity index (χ1) is 8.83. The van der Waals surface area contributed by atoms with E-state index >= 15 is 0 Å². The molecule has 6 nitrogen and oxygen atoms in total. The van der Waals surface area contributed by atoms with E-state index in [1.165, 1.54) is 10.9 Å². The first-order valence-electron chi connectivity index (χ1n) is 5.37. The number of aromatic nitrogens is 2. The average Bonchev–Trinajstić information content (AvgIpc) is 2.65. The van der Waals surface area contributed by atoms with E-state index < -0.39 is 10.0 Å². The second-order valence-electron chi connectivity index (χ2n) is 4.06. The second kappa shape index (κ2) is 4.86. The number of nitrogens with zero attached hydrogens (tertiary/aromatic N) is 2. The van der Waals surface area contributed by atoms with E-state index in [9.17, 15) is 8.42 Å². The second-order valence-corrected chi connectivity index (χ2v) is 6.52. The van der Waals surface area contributed by atoms with Gasteiger partial charge in [0.15, 0.2) is 10.8 Å². The van der Waals surface area contributed by atoms with Crippen LogP contribution < -0.4 is 10.5 Å². The molecule has 0 aliphatic heterocycles. The van der Waals surface area contributed by atoms with Crippen molar-refractivity contribution < 1.29 is 8.42 Å². The smallest absolute Gasteiger partial charge is 0.281 e. The Hall–Kier alpha value is -1.54. The lowest BCUT2D eigenvalue weighted by Gasteiger charge is -2.12. The predicted octanol–water partition coefficient (Wildman–Crippen LogP) is 1.87. The standard InChI is InChI=1S/C11H13BrN4O2S/c1-7-8(12)4-3-5-9(7)15-19(17,18)11-10(13)14-6-16(11)2/h3-6,15H,13H2,1-2H3. The topological polar surface area (TPSA) is 90.0 Å². The Labute approximate surface area is 119 Å². The number of aryl methyl sites for hydroxylation is 1. The van der Waals surface area contributed by atoms with Gasteiger partial charge in [-0.15, -0.1) is 0 Å². The number of hydrogen-bond acceptors (Lipinski definition) is 4. The molecule has 0 aliphatic carbocycles. The van der Waals surface area contributed by atoms with E-state index in [1.807, 2.05) is 13.0 Å². The molecule has 0 spiro atoms. The Morgan fingerprint density at radius 1 is 1.42 bits per heavy atom. The Morgan fingerprint density at radius 3 is 2.68 bits per heavy atom. The zero-order valence-corrected chi connectivity index (χ0v) is 12.8. The van der Waals surface area contributed by atoms with Gasteiger partial charge in [0.1, 0.15) is 0 Å². The van der Waals surface area contributed by atoms with Crippen LogP contribution in [0.2, 0.25) is 0 Å². The third-order valence-corrected chi connectivity index (χ3v) is 5.03. The minimum atomic E-state index is -3.77. The minimum absolute atomic E-state index is 0.0253. The molecule has 0 unspecified atom stereocenters. The van der Waals surface area contributed by atoms with Gasteiger partial charge < -0.3 is 10.3 Å². The molecule has 1 aromatic carbocycles. The minimum Gasteiger partial charge on any atom is -0.381 e. The molecule has 19 heavy (non-hydrogen) atoms. The first kappa shape index (κ1) is 13.9. The van der Waals surface area contributed by atoms with Crippen molar-refractivity contribution in [2.45, 2.75) is 11.9 Å². The van der Waals surface area contributed by atoms with E-state index in [0.717, 1.165) is 10.0 Å². The van der Waals surface area contributed by atoms with Crippen molar-refractivity contribution in [3.8, 4) is 0 Å². The molecular formula is C11H13BrN4O2S. The molecule has 102 valence electrons. The van der Waals surface area contributed by atoms with Gasteiger partial charge in [-0.25, -0.2) is 4.98 Å². The first-order valence-corrected chi connectivity index (χ1v) is 7.65. The van der Waals surface area contributed by atoms with Crippen molar-refractivity contribution >= 4 is 37.5 Å². The van der Waals surface area contributed by atoms with Crippen molar-refractivity contribution in [1.29, 1.82) is 0 Å². The summed E-state index contributed by atoms with van der Waals surface area (Å²) in [6.45, 7) is 1.81. The van der Waals surface area contributed by atoms with Crippen molar-refractivity contribution in [2.75, 3.05) is 10.5 Å². The van der Waals surface area contributed by atoms with Crippen LogP contribution >= 0.6 is 15.9 Å². The molecule has 0 atom stereocenters. The molecule has 0 saturated heterocycles. The summed E-state index contributed by atoms with van der Waals surface area (Å²) in [5.74, 6) is -0.0253. The third kappa shape index (κ3) is 2.59. The Kier molecular flexibility index (Phi) is 3.55. The maximum atomic E-state index is 12.3. The summed E-state index contributed by atoms with van der Waals surface area (Å²) in [4.78, 5) is 3.78. The van der Waals surface area contributed by atoms with Crippen LogP contribution in [0.3, 0.4) is 0 Å². The van der Waals surface area contributed by atoms with Crippen LogP contribution in [-0.2, 0) is 17.1 Å². The largest absolute Gasteiger partial charge is 0.381 e. The zero-order chi connectivity index (χ0) is 14.2. The zero-order valence-electron chi connectivity index (χ0n) is 10.4. The number of halogens is 1. The van der Waals surface area contributed by atoms with Gasteiger partial charge in [-0.2, -0.15) is 8.42 Å². The monoisotopic (exact) mass is 344 g/mol. The number of nitrogen functional groups attached to an aromatic ring is 1. The molecule has 0 radical (unpaired) electrons. The summed E-state index contributed by atoms with van der Waals surface area (Å²) >= 11 is 3.35. The molecule has 0 saturated carbocycles. The number of hydrogen-bond donors (Lipinski definition) is 2. The molecule has 2 aromatic rings. The van der Waals surface area contributed by atoms with Crippen molar-refractivity contribution in [1.82, 2.24) is 9.55 Å². The van der Waals surface area contributed by atoms with Crippen molar-refractivity contribution in [3.63, 3.8) is 0 Å². The molecular weight excluding hydrogens is 332 g/mol. The quantitative estimate of drug-likeness (QED) is 0.889. The molecule has 0 fully saturated rings. The van der Waals surface area contributed by atoms with Crippen LogP contribution in [0.5, 0.6) is 0 Å². The molecule has 0 aliphatic rings. The summed E-state index contributed by atoms with van der Waals surface area (Å²) in [6, 6.07) is 5.28. The summed E-state index contributed by atoms with van der Waals surface area (Å²) in [5.41, 5.74) is 6.88. The lowest BCUT2D eigenvalue weighted by molar-refractivity contribution is 0.592. The summed E-state index contributed by atoms with van der Waals surface area (Å²) in [5, 5.41) is -0.0492. The molecule has 0 bridgehead atoms. The summed E-state index contributed by atoms with van der Waals surface area (Å²) < 4.78 is 29.3. The maximum Gasteiger partial charge on any atom is 0.281 e. The van der Waals surface area contributed by atoms with Crippen LogP contribution in [0.15, 0.2) is 34.0 Å². The molecule has 2 rings (SSSR count). The summed E-state index contributed by atoms with van der Waals surface area (Å²) in [7, 11) is -2.19. The van der Waals surface area contributed by atoms with Gasteiger partial charge in [0.05, 0.1) is 12.0 Å². The van der Waals surface area contributed by atoms with E-state index in [1.54, 1.807) is 19.2 Å². The van der Waals surface area contributed by atoms with E-state index in [0.29, 0.717) is 5.69 Å². The van der Waals surface area contributed by atoms with E-state index in [4.69, 9.17) is 5.73 Å². The highest BCUT2D eigenvalue weighted by atomic mass is 79.9. The predicted molar refractivity (Wildman–Crippen MR) is 77.3 cm³/mol. The molecule has 1 aromatic heterocycles. The van der Waals surface area contributed by atoms with Gasteiger partial charge >= 0.3 is 0 Å². The fraction of sp³-hybridized carbons (Fsp3) is 0.182. The third-order valence-electron chi connectivity index (χ3n) is 2.68. The van der Waals surface area contributed by atoms with Crippen LogP contribution in [0.4, 0.5) is 11.5 Å². The Balaban J connectivity index is 2.46. The van der Waals surface area contributed by atoms with Gasteiger partial charge in [-0.3, -0.25) is 4.72 Å². The number of anilines is 2. The Bertz CT molecular complexity index is 705. The molecule has 1 heterocycles. The van der Waals surface area contributed by atoms with Gasteiger partial charge in [-0.05, 0) is 24.6 Å².